The molecule has 0 spiro atoms. The molecular formula is C14H19N3O2. The SMILES string of the molecule is CC(C)(C)CC(CC(=O)O)Nc1cccnc1C#N. The van der Waals surface area contributed by atoms with E-state index in [2.05, 4.69) is 31.1 Å². The molecule has 0 saturated heterocycles. The average molecular weight is 261 g/mol. The number of carbonyl (C=O) groups is 1. The van der Waals surface area contributed by atoms with Gasteiger partial charge < -0.3 is 10.4 Å². The zero-order valence-electron chi connectivity index (χ0n) is 11.5. The van der Waals surface area contributed by atoms with E-state index in [4.69, 9.17) is 10.4 Å². The van der Waals surface area contributed by atoms with E-state index in [-0.39, 0.29) is 23.6 Å². The lowest BCUT2D eigenvalue weighted by atomic mass is 9.87. The summed E-state index contributed by atoms with van der Waals surface area (Å²) in [4.78, 5) is 14.9. The topological polar surface area (TPSA) is 86.0 Å². The van der Waals surface area contributed by atoms with Crippen molar-refractivity contribution in [3.8, 4) is 6.07 Å². The predicted molar refractivity (Wildman–Crippen MR) is 72.7 cm³/mol. The van der Waals surface area contributed by atoms with E-state index in [0.29, 0.717) is 12.1 Å². The minimum atomic E-state index is -0.857. The lowest BCUT2D eigenvalue weighted by Gasteiger charge is -2.26. The van der Waals surface area contributed by atoms with Crippen LogP contribution in [0, 0.1) is 16.7 Å². The summed E-state index contributed by atoms with van der Waals surface area (Å²) >= 11 is 0. The Kier molecular flexibility index (Phi) is 4.87. The number of hydrogen-bond donors (Lipinski definition) is 2. The van der Waals surface area contributed by atoms with Crippen LogP contribution in [0.5, 0.6) is 0 Å². The maximum Gasteiger partial charge on any atom is 0.305 e. The van der Waals surface area contributed by atoms with Gasteiger partial charge in [-0.25, -0.2) is 4.98 Å². The Morgan fingerprint density at radius 1 is 1.58 bits per heavy atom. The number of hydrogen-bond acceptors (Lipinski definition) is 4. The molecular weight excluding hydrogens is 242 g/mol. The van der Waals surface area contributed by atoms with E-state index in [9.17, 15) is 4.79 Å². The Hall–Kier alpha value is -2.09. The second-order valence-corrected chi connectivity index (χ2v) is 5.72. The summed E-state index contributed by atoms with van der Waals surface area (Å²) in [6.07, 6.45) is 2.25. The summed E-state index contributed by atoms with van der Waals surface area (Å²) < 4.78 is 0. The highest BCUT2D eigenvalue weighted by Gasteiger charge is 2.21. The minimum absolute atomic E-state index is 0.00212. The van der Waals surface area contributed by atoms with Gasteiger partial charge in [0.15, 0.2) is 5.69 Å². The lowest BCUT2D eigenvalue weighted by Crippen LogP contribution is -2.28. The standard InChI is InChI=1S/C14H19N3O2/c1-14(2,3)8-10(7-13(18)19)17-11-5-4-6-16-12(11)9-15/h4-6,10,17H,7-8H2,1-3H3,(H,18,19). The molecule has 102 valence electrons. The number of aliphatic carboxylic acids is 1. The van der Waals surface area contributed by atoms with Gasteiger partial charge in [0, 0.05) is 12.2 Å². The van der Waals surface area contributed by atoms with Crippen LogP contribution in [0.2, 0.25) is 0 Å². The van der Waals surface area contributed by atoms with Gasteiger partial charge in [-0.2, -0.15) is 5.26 Å². The molecule has 1 aromatic heterocycles. The molecule has 5 nitrogen and oxygen atoms in total. The van der Waals surface area contributed by atoms with Crippen LogP contribution in [0.25, 0.3) is 0 Å². The third-order valence-electron chi connectivity index (χ3n) is 2.55. The van der Waals surface area contributed by atoms with Crippen LogP contribution in [-0.4, -0.2) is 22.1 Å². The normalized spacial score (nSPS) is 12.5. The van der Waals surface area contributed by atoms with Gasteiger partial charge in [-0.05, 0) is 24.0 Å². The van der Waals surface area contributed by atoms with Gasteiger partial charge >= 0.3 is 5.97 Å². The summed E-state index contributed by atoms with van der Waals surface area (Å²) in [6, 6.07) is 5.23. The van der Waals surface area contributed by atoms with Crippen LogP contribution in [0.3, 0.4) is 0 Å². The Morgan fingerprint density at radius 3 is 2.79 bits per heavy atom. The van der Waals surface area contributed by atoms with Crippen molar-refractivity contribution in [2.24, 2.45) is 5.41 Å². The molecule has 1 heterocycles. The molecule has 19 heavy (non-hydrogen) atoms. The summed E-state index contributed by atoms with van der Waals surface area (Å²) in [5.74, 6) is -0.857. The molecule has 0 aliphatic rings. The molecule has 0 fully saturated rings. The van der Waals surface area contributed by atoms with Crippen molar-refractivity contribution in [3.63, 3.8) is 0 Å². The number of nitrogens with zero attached hydrogens (tertiary/aromatic N) is 2. The minimum Gasteiger partial charge on any atom is -0.481 e. The van der Waals surface area contributed by atoms with Gasteiger partial charge in [-0.3, -0.25) is 4.79 Å². The number of pyridine rings is 1. The van der Waals surface area contributed by atoms with E-state index in [1.54, 1.807) is 18.3 Å². The highest BCUT2D eigenvalue weighted by molar-refractivity contribution is 5.68. The van der Waals surface area contributed by atoms with Crippen molar-refractivity contribution < 1.29 is 9.90 Å². The quantitative estimate of drug-likeness (QED) is 0.851. The fourth-order valence-electron chi connectivity index (χ4n) is 1.95. The first kappa shape index (κ1) is 15.0. The van der Waals surface area contributed by atoms with E-state index >= 15 is 0 Å². The van der Waals surface area contributed by atoms with Crippen LogP contribution < -0.4 is 5.32 Å². The third-order valence-corrected chi connectivity index (χ3v) is 2.55. The molecule has 0 aliphatic heterocycles. The molecule has 5 heteroatoms. The van der Waals surface area contributed by atoms with E-state index in [1.165, 1.54) is 0 Å². The fraction of sp³-hybridized carbons (Fsp3) is 0.500. The second kappa shape index (κ2) is 6.19. The first-order valence-electron chi connectivity index (χ1n) is 6.15. The summed E-state index contributed by atoms with van der Waals surface area (Å²) in [7, 11) is 0. The fourth-order valence-corrected chi connectivity index (χ4v) is 1.95. The van der Waals surface area contributed by atoms with Crippen molar-refractivity contribution in [1.29, 1.82) is 5.26 Å². The summed E-state index contributed by atoms with van der Waals surface area (Å²) in [5, 5.41) is 21.1. The number of nitriles is 1. The zero-order valence-corrected chi connectivity index (χ0v) is 11.5. The highest BCUT2D eigenvalue weighted by Crippen LogP contribution is 2.25. The molecule has 0 aromatic carbocycles. The Balaban J connectivity index is 2.88. The maximum atomic E-state index is 10.9. The van der Waals surface area contributed by atoms with Crippen LogP contribution >= 0.6 is 0 Å². The molecule has 0 amide bonds. The smallest absolute Gasteiger partial charge is 0.305 e. The lowest BCUT2D eigenvalue weighted by molar-refractivity contribution is -0.137. The van der Waals surface area contributed by atoms with Crippen LogP contribution in [0.1, 0.15) is 39.3 Å². The Labute approximate surface area is 113 Å². The van der Waals surface area contributed by atoms with Crippen LogP contribution in [0.15, 0.2) is 18.3 Å². The second-order valence-electron chi connectivity index (χ2n) is 5.72. The molecule has 2 N–H and O–H groups in total. The van der Waals surface area contributed by atoms with Gasteiger partial charge in [0.2, 0.25) is 0 Å². The molecule has 0 radical (unpaired) electrons. The van der Waals surface area contributed by atoms with Crippen molar-refractivity contribution >= 4 is 11.7 Å². The summed E-state index contributed by atoms with van der Waals surface area (Å²) in [6.45, 7) is 6.16. The van der Waals surface area contributed by atoms with Gasteiger partial charge in [0.05, 0.1) is 12.1 Å². The van der Waals surface area contributed by atoms with Gasteiger partial charge in [-0.1, -0.05) is 20.8 Å². The number of aromatic nitrogens is 1. The van der Waals surface area contributed by atoms with Crippen LogP contribution in [0.4, 0.5) is 5.69 Å². The monoisotopic (exact) mass is 261 g/mol. The largest absolute Gasteiger partial charge is 0.481 e. The Morgan fingerprint density at radius 2 is 2.26 bits per heavy atom. The summed E-state index contributed by atoms with van der Waals surface area (Å²) in [5.41, 5.74) is 0.870. The molecule has 0 saturated carbocycles. The van der Waals surface area contributed by atoms with Gasteiger partial charge in [0.25, 0.3) is 0 Å². The Bertz CT molecular complexity index is 486. The maximum absolute atomic E-state index is 10.9. The van der Waals surface area contributed by atoms with Crippen LogP contribution in [-0.2, 0) is 4.79 Å². The van der Waals surface area contributed by atoms with E-state index in [1.807, 2.05) is 6.07 Å². The van der Waals surface area contributed by atoms with Crippen molar-refractivity contribution in [2.75, 3.05) is 5.32 Å². The number of rotatable bonds is 5. The number of carboxylic acids is 1. The molecule has 1 aromatic rings. The van der Waals surface area contributed by atoms with Crippen molar-refractivity contribution in [2.45, 2.75) is 39.7 Å². The number of carboxylic acid groups (broad SMARTS) is 1. The van der Waals surface area contributed by atoms with Crippen molar-refractivity contribution in [1.82, 2.24) is 4.98 Å². The highest BCUT2D eigenvalue weighted by atomic mass is 16.4. The number of anilines is 1. The molecule has 0 bridgehead atoms. The molecule has 0 aliphatic carbocycles. The van der Waals surface area contributed by atoms with Gasteiger partial charge in [0.1, 0.15) is 6.07 Å². The molecule has 1 rings (SSSR count). The first-order valence-corrected chi connectivity index (χ1v) is 6.15. The molecule has 1 unspecified atom stereocenters. The first-order chi connectivity index (χ1) is 8.81. The average Bonchev–Trinajstić information content (AvgIpc) is 2.26. The van der Waals surface area contributed by atoms with E-state index < -0.39 is 5.97 Å². The zero-order chi connectivity index (χ0) is 14.5. The predicted octanol–water partition coefficient (Wildman–Crippen LogP) is 2.64. The molecule has 1 atom stereocenters. The van der Waals surface area contributed by atoms with E-state index in [0.717, 1.165) is 0 Å². The third kappa shape index (κ3) is 5.38. The van der Waals surface area contributed by atoms with Crippen molar-refractivity contribution in [3.05, 3.63) is 24.0 Å². The van der Waals surface area contributed by atoms with Gasteiger partial charge in [-0.15, -0.1) is 0 Å². The number of nitrogens with one attached hydrogen (secondary N) is 1.